The number of hydrazone groups is 1. The molecular formula is C17H17FN4O5S. The first kappa shape index (κ1) is 19.9. The van der Waals surface area contributed by atoms with Crippen LogP contribution in [0.2, 0.25) is 0 Å². The van der Waals surface area contributed by atoms with E-state index in [1.54, 1.807) is 0 Å². The van der Waals surface area contributed by atoms with Crippen LogP contribution in [0, 0.1) is 15.9 Å². The minimum atomic E-state index is -3.99. The maximum atomic E-state index is 13.0. The maximum absolute atomic E-state index is 13.0. The summed E-state index contributed by atoms with van der Waals surface area (Å²) in [5, 5.41) is 15.1. The second kappa shape index (κ2) is 8.42. The van der Waals surface area contributed by atoms with Crippen molar-refractivity contribution in [2.45, 2.75) is 4.90 Å². The number of nitrogens with zero attached hydrogens (tertiary/aromatic N) is 3. The fourth-order valence-electron chi connectivity index (χ4n) is 2.58. The van der Waals surface area contributed by atoms with Gasteiger partial charge in [-0.3, -0.25) is 15.5 Å². The Morgan fingerprint density at radius 1 is 1.18 bits per heavy atom. The number of nitro groups is 1. The molecule has 148 valence electrons. The van der Waals surface area contributed by atoms with Crippen molar-refractivity contribution in [1.82, 2.24) is 4.31 Å². The number of nitrogens with one attached hydrogen (secondary N) is 1. The lowest BCUT2D eigenvalue weighted by molar-refractivity contribution is -0.385. The van der Waals surface area contributed by atoms with Gasteiger partial charge >= 0.3 is 0 Å². The lowest BCUT2D eigenvalue weighted by Gasteiger charge is -2.26. The number of nitro benzene ring substituents is 1. The van der Waals surface area contributed by atoms with Gasteiger partial charge in [0.2, 0.25) is 10.0 Å². The average molecular weight is 408 g/mol. The molecule has 0 atom stereocenters. The van der Waals surface area contributed by atoms with Crippen molar-refractivity contribution in [3.63, 3.8) is 0 Å². The lowest BCUT2D eigenvalue weighted by Crippen LogP contribution is -2.40. The highest BCUT2D eigenvalue weighted by Crippen LogP contribution is 2.29. The van der Waals surface area contributed by atoms with Crippen LogP contribution < -0.4 is 5.43 Å². The van der Waals surface area contributed by atoms with E-state index in [9.17, 15) is 22.9 Å². The van der Waals surface area contributed by atoms with Gasteiger partial charge in [0.1, 0.15) is 10.7 Å². The van der Waals surface area contributed by atoms with Gasteiger partial charge in [0, 0.05) is 25.2 Å². The number of morpholine rings is 1. The Balaban J connectivity index is 1.91. The van der Waals surface area contributed by atoms with E-state index >= 15 is 0 Å². The number of hydrogen-bond donors (Lipinski definition) is 1. The first-order valence-corrected chi connectivity index (χ1v) is 9.73. The summed E-state index contributed by atoms with van der Waals surface area (Å²) in [7, 11) is -3.99. The van der Waals surface area contributed by atoms with Crippen LogP contribution in [-0.2, 0) is 14.8 Å². The van der Waals surface area contributed by atoms with Gasteiger partial charge in [-0.05, 0) is 23.8 Å². The molecule has 0 spiro atoms. The maximum Gasteiger partial charge on any atom is 0.270 e. The molecule has 0 aromatic heterocycles. The third-order valence-electron chi connectivity index (χ3n) is 4.03. The molecule has 1 fully saturated rings. The third kappa shape index (κ3) is 4.50. The van der Waals surface area contributed by atoms with Gasteiger partial charge in [0.15, 0.2) is 0 Å². The van der Waals surface area contributed by atoms with Gasteiger partial charge in [-0.15, -0.1) is 0 Å². The molecule has 0 bridgehead atoms. The summed E-state index contributed by atoms with van der Waals surface area (Å²) in [4.78, 5) is 10.2. The molecule has 0 unspecified atom stereocenters. The number of hydrogen-bond acceptors (Lipinski definition) is 7. The van der Waals surface area contributed by atoms with Crippen molar-refractivity contribution in [2.75, 3.05) is 31.7 Å². The van der Waals surface area contributed by atoms with Gasteiger partial charge in [-0.1, -0.05) is 12.1 Å². The van der Waals surface area contributed by atoms with Crippen LogP contribution in [0.15, 0.2) is 52.5 Å². The molecule has 1 aliphatic heterocycles. The summed E-state index contributed by atoms with van der Waals surface area (Å²) in [6.07, 6.45) is 1.38. The Labute approximate surface area is 160 Å². The molecule has 2 aromatic carbocycles. The predicted octanol–water partition coefficient (Wildman–Crippen LogP) is 2.20. The number of halogens is 1. The van der Waals surface area contributed by atoms with Crippen LogP contribution in [0.25, 0.3) is 0 Å². The second-order valence-corrected chi connectivity index (χ2v) is 7.78. The number of benzene rings is 2. The highest BCUT2D eigenvalue weighted by atomic mass is 32.2. The Morgan fingerprint density at radius 2 is 1.86 bits per heavy atom. The summed E-state index contributed by atoms with van der Waals surface area (Å²) in [5.74, 6) is -0.389. The molecule has 3 rings (SSSR count). The van der Waals surface area contributed by atoms with E-state index in [0.717, 1.165) is 6.07 Å². The number of rotatable bonds is 6. The number of ether oxygens (including phenoxy) is 1. The first-order chi connectivity index (χ1) is 13.4. The SMILES string of the molecule is O=[N+]([O-])c1ccc(NN=Cc2ccc(F)cc2)c(S(=O)(=O)N2CCOCC2)c1. The highest BCUT2D eigenvalue weighted by molar-refractivity contribution is 7.89. The molecule has 0 radical (unpaired) electrons. The van der Waals surface area contributed by atoms with E-state index < -0.39 is 14.9 Å². The van der Waals surface area contributed by atoms with E-state index in [1.165, 1.54) is 46.9 Å². The normalized spacial score (nSPS) is 15.6. The summed E-state index contributed by atoms with van der Waals surface area (Å²) < 4.78 is 45.3. The van der Waals surface area contributed by atoms with Crippen LogP contribution in [0.1, 0.15) is 5.56 Å². The fourth-order valence-corrected chi connectivity index (χ4v) is 4.15. The van der Waals surface area contributed by atoms with Gasteiger partial charge in [-0.2, -0.15) is 9.41 Å². The third-order valence-corrected chi connectivity index (χ3v) is 5.97. The minimum Gasteiger partial charge on any atom is -0.379 e. The van der Waals surface area contributed by atoms with Crippen molar-refractivity contribution in [3.05, 3.63) is 64.0 Å². The molecule has 11 heteroatoms. The summed E-state index contributed by atoms with van der Waals surface area (Å²) in [5.41, 5.74) is 2.94. The van der Waals surface area contributed by atoms with Crippen LogP contribution >= 0.6 is 0 Å². The minimum absolute atomic E-state index is 0.0930. The Bertz CT molecular complexity index is 989. The zero-order chi connectivity index (χ0) is 20.1. The lowest BCUT2D eigenvalue weighted by atomic mass is 10.2. The van der Waals surface area contributed by atoms with Crippen LogP contribution in [-0.4, -0.2) is 50.2 Å². The van der Waals surface area contributed by atoms with E-state index in [2.05, 4.69) is 10.5 Å². The monoisotopic (exact) mass is 408 g/mol. The quantitative estimate of drug-likeness (QED) is 0.445. The molecule has 9 nitrogen and oxygen atoms in total. The summed E-state index contributed by atoms with van der Waals surface area (Å²) in [6.45, 7) is 0.811. The Kier molecular flexibility index (Phi) is 5.97. The molecular weight excluding hydrogens is 391 g/mol. The Morgan fingerprint density at radius 3 is 2.50 bits per heavy atom. The fraction of sp³-hybridized carbons (Fsp3) is 0.235. The number of sulfonamides is 1. The molecule has 1 N–H and O–H groups in total. The molecule has 1 saturated heterocycles. The number of non-ortho nitro benzene ring substituents is 1. The second-order valence-electron chi connectivity index (χ2n) is 5.88. The smallest absolute Gasteiger partial charge is 0.270 e. The van der Waals surface area contributed by atoms with Crippen molar-refractivity contribution < 1.29 is 22.5 Å². The molecule has 1 heterocycles. The average Bonchev–Trinajstić information content (AvgIpc) is 2.70. The molecule has 0 aliphatic carbocycles. The largest absolute Gasteiger partial charge is 0.379 e. The molecule has 1 aliphatic rings. The first-order valence-electron chi connectivity index (χ1n) is 8.29. The standard InChI is InChI=1S/C17H17FN4O5S/c18-14-3-1-13(2-4-14)12-19-20-16-6-5-15(22(23)24)11-17(16)28(25,26)21-7-9-27-10-8-21/h1-6,11-12,20H,7-10H2. The van der Waals surface area contributed by atoms with Crippen molar-refractivity contribution >= 4 is 27.6 Å². The predicted molar refractivity (Wildman–Crippen MR) is 100 cm³/mol. The topological polar surface area (TPSA) is 114 Å². The van der Waals surface area contributed by atoms with E-state index in [4.69, 9.17) is 4.74 Å². The van der Waals surface area contributed by atoms with Crippen molar-refractivity contribution in [2.24, 2.45) is 5.10 Å². The number of anilines is 1. The molecule has 0 saturated carbocycles. The zero-order valence-corrected chi connectivity index (χ0v) is 15.4. The van der Waals surface area contributed by atoms with Crippen molar-refractivity contribution in [1.29, 1.82) is 0 Å². The molecule has 28 heavy (non-hydrogen) atoms. The summed E-state index contributed by atoms with van der Waals surface area (Å²) in [6, 6.07) is 9.01. The Hall–Kier alpha value is -2.89. The van der Waals surface area contributed by atoms with Crippen LogP contribution in [0.4, 0.5) is 15.8 Å². The van der Waals surface area contributed by atoms with Gasteiger partial charge in [0.05, 0.1) is 30.0 Å². The highest BCUT2D eigenvalue weighted by Gasteiger charge is 2.30. The van der Waals surface area contributed by atoms with Crippen molar-refractivity contribution in [3.8, 4) is 0 Å². The van der Waals surface area contributed by atoms with Gasteiger partial charge in [-0.25, -0.2) is 12.8 Å². The molecule has 2 aromatic rings. The van der Waals surface area contributed by atoms with Gasteiger partial charge in [0.25, 0.3) is 5.69 Å². The van der Waals surface area contributed by atoms with E-state index in [1.807, 2.05) is 0 Å². The van der Waals surface area contributed by atoms with Crippen LogP contribution in [0.3, 0.4) is 0 Å². The molecule has 0 amide bonds. The van der Waals surface area contributed by atoms with Gasteiger partial charge < -0.3 is 4.74 Å². The van der Waals surface area contributed by atoms with Crippen LogP contribution in [0.5, 0.6) is 0 Å². The van der Waals surface area contributed by atoms with E-state index in [0.29, 0.717) is 5.56 Å². The van der Waals surface area contributed by atoms with E-state index in [-0.39, 0.29) is 48.4 Å². The zero-order valence-electron chi connectivity index (χ0n) is 14.6. The summed E-state index contributed by atoms with van der Waals surface area (Å²) >= 11 is 0.